The Morgan fingerprint density at radius 2 is 1.79 bits per heavy atom. The van der Waals surface area contributed by atoms with E-state index < -0.39 is 0 Å². The second kappa shape index (κ2) is 9.26. The maximum Gasteiger partial charge on any atom is 0.255 e. The van der Waals surface area contributed by atoms with Crippen molar-refractivity contribution in [1.82, 2.24) is 10.2 Å². The van der Waals surface area contributed by atoms with Crippen LogP contribution in [0, 0.1) is 6.92 Å². The van der Waals surface area contributed by atoms with Gasteiger partial charge in [-0.1, -0.05) is 24.3 Å². The lowest BCUT2D eigenvalue weighted by molar-refractivity contribution is -0.131. The number of benzene rings is 2. The molecule has 6 nitrogen and oxygen atoms in total. The van der Waals surface area contributed by atoms with E-state index in [0.717, 1.165) is 13.1 Å². The zero-order valence-corrected chi connectivity index (χ0v) is 16.5. The summed E-state index contributed by atoms with van der Waals surface area (Å²) in [6.45, 7) is 5.45. The van der Waals surface area contributed by atoms with E-state index in [1.807, 2.05) is 11.0 Å². The zero-order chi connectivity index (χ0) is 19.9. The predicted molar refractivity (Wildman–Crippen MR) is 110 cm³/mol. The number of nitrogens with zero attached hydrogens (tertiary/aromatic N) is 2. The van der Waals surface area contributed by atoms with E-state index in [1.165, 1.54) is 18.4 Å². The van der Waals surface area contributed by atoms with Crippen molar-refractivity contribution in [3.63, 3.8) is 0 Å². The SMILES string of the molecule is COc1ccccc1C(=O)NCCC(=O)N1CCN(c2cccc(C)c2)CC1. The van der Waals surface area contributed by atoms with Crippen LogP contribution in [0.5, 0.6) is 5.75 Å². The second-order valence-corrected chi connectivity index (χ2v) is 6.91. The number of nitrogens with one attached hydrogen (secondary N) is 1. The first-order valence-electron chi connectivity index (χ1n) is 9.59. The number of anilines is 1. The average molecular weight is 381 g/mol. The van der Waals surface area contributed by atoms with Crippen LogP contribution in [0.1, 0.15) is 22.3 Å². The Labute approximate surface area is 166 Å². The van der Waals surface area contributed by atoms with Gasteiger partial charge in [-0.25, -0.2) is 0 Å². The Balaban J connectivity index is 1.44. The number of carbonyl (C=O) groups excluding carboxylic acids is 2. The molecule has 1 aliphatic rings. The molecule has 2 amide bonds. The van der Waals surface area contributed by atoms with Crippen LogP contribution in [-0.2, 0) is 4.79 Å². The molecule has 0 unspecified atom stereocenters. The highest BCUT2D eigenvalue weighted by Gasteiger charge is 2.21. The van der Waals surface area contributed by atoms with E-state index >= 15 is 0 Å². The molecule has 28 heavy (non-hydrogen) atoms. The van der Waals surface area contributed by atoms with Crippen molar-refractivity contribution in [3.8, 4) is 5.75 Å². The Morgan fingerprint density at radius 1 is 1.04 bits per heavy atom. The van der Waals surface area contributed by atoms with Crippen molar-refractivity contribution in [3.05, 3.63) is 59.7 Å². The molecular weight excluding hydrogens is 354 g/mol. The Morgan fingerprint density at radius 3 is 2.50 bits per heavy atom. The van der Waals surface area contributed by atoms with Crippen LogP contribution in [-0.4, -0.2) is 56.5 Å². The molecule has 148 valence electrons. The van der Waals surface area contributed by atoms with Crippen molar-refractivity contribution in [2.45, 2.75) is 13.3 Å². The van der Waals surface area contributed by atoms with Crippen molar-refractivity contribution in [2.75, 3.05) is 44.7 Å². The Kier molecular flexibility index (Phi) is 6.53. The van der Waals surface area contributed by atoms with Crippen molar-refractivity contribution in [2.24, 2.45) is 0 Å². The normalized spacial score (nSPS) is 13.9. The summed E-state index contributed by atoms with van der Waals surface area (Å²) in [4.78, 5) is 28.9. The first-order valence-corrected chi connectivity index (χ1v) is 9.59. The molecule has 1 heterocycles. The number of piperazine rings is 1. The van der Waals surface area contributed by atoms with Gasteiger partial charge in [-0.2, -0.15) is 0 Å². The molecule has 6 heteroatoms. The molecule has 1 N–H and O–H groups in total. The summed E-state index contributed by atoms with van der Waals surface area (Å²) in [5.74, 6) is 0.373. The van der Waals surface area contributed by atoms with Crippen molar-refractivity contribution >= 4 is 17.5 Å². The topological polar surface area (TPSA) is 61.9 Å². The number of para-hydroxylation sites is 1. The highest BCUT2D eigenvalue weighted by Crippen LogP contribution is 2.18. The lowest BCUT2D eigenvalue weighted by Crippen LogP contribution is -2.49. The first-order chi connectivity index (χ1) is 13.6. The van der Waals surface area contributed by atoms with Gasteiger partial charge in [0.15, 0.2) is 0 Å². The third kappa shape index (κ3) is 4.82. The van der Waals surface area contributed by atoms with Gasteiger partial charge >= 0.3 is 0 Å². The van der Waals surface area contributed by atoms with Gasteiger partial charge in [0, 0.05) is 44.8 Å². The van der Waals surface area contributed by atoms with Gasteiger partial charge < -0.3 is 19.9 Å². The molecule has 0 atom stereocenters. The van der Waals surface area contributed by atoms with E-state index in [1.54, 1.807) is 18.2 Å². The number of aryl methyl sites for hydroxylation is 1. The largest absolute Gasteiger partial charge is 0.496 e. The molecular formula is C22H27N3O3. The van der Waals surface area contributed by atoms with Crippen LogP contribution < -0.4 is 15.0 Å². The van der Waals surface area contributed by atoms with Gasteiger partial charge in [-0.15, -0.1) is 0 Å². The molecule has 1 aliphatic heterocycles. The lowest BCUT2D eigenvalue weighted by Gasteiger charge is -2.36. The fourth-order valence-electron chi connectivity index (χ4n) is 3.41. The summed E-state index contributed by atoms with van der Waals surface area (Å²) in [6.07, 6.45) is 0.297. The predicted octanol–water partition coefficient (Wildman–Crippen LogP) is 2.47. The third-order valence-corrected chi connectivity index (χ3v) is 4.98. The number of hydrogen-bond acceptors (Lipinski definition) is 4. The van der Waals surface area contributed by atoms with Crippen LogP contribution >= 0.6 is 0 Å². The lowest BCUT2D eigenvalue weighted by atomic mass is 10.2. The van der Waals surface area contributed by atoms with E-state index in [2.05, 4.69) is 41.4 Å². The first kappa shape index (κ1) is 19.7. The van der Waals surface area contributed by atoms with Gasteiger partial charge in [0.05, 0.1) is 12.7 Å². The molecule has 1 saturated heterocycles. The van der Waals surface area contributed by atoms with Gasteiger partial charge in [0.1, 0.15) is 5.75 Å². The summed E-state index contributed by atoms with van der Waals surface area (Å²) in [5, 5.41) is 2.81. The highest BCUT2D eigenvalue weighted by molar-refractivity contribution is 5.97. The fourth-order valence-corrected chi connectivity index (χ4v) is 3.41. The summed E-state index contributed by atoms with van der Waals surface area (Å²) in [5.41, 5.74) is 2.92. The third-order valence-electron chi connectivity index (χ3n) is 4.98. The molecule has 0 aromatic heterocycles. The monoisotopic (exact) mass is 381 g/mol. The quantitative estimate of drug-likeness (QED) is 0.835. The van der Waals surface area contributed by atoms with Crippen LogP contribution in [0.3, 0.4) is 0 Å². The van der Waals surface area contributed by atoms with E-state index in [0.29, 0.717) is 37.4 Å². The van der Waals surface area contributed by atoms with Crippen LogP contribution in [0.2, 0.25) is 0 Å². The number of ether oxygens (including phenoxy) is 1. The van der Waals surface area contributed by atoms with Crippen LogP contribution in [0.25, 0.3) is 0 Å². The molecule has 0 spiro atoms. The summed E-state index contributed by atoms with van der Waals surface area (Å²) >= 11 is 0. The molecule has 0 radical (unpaired) electrons. The van der Waals surface area contributed by atoms with Crippen molar-refractivity contribution in [1.29, 1.82) is 0 Å². The van der Waals surface area contributed by atoms with E-state index in [9.17, 15) is 9.59 Å². The van der Waals surface area contributed by atoms with Crippen molar-refractivity contribution < 1.29 is 14.3 Å². The minimum atomic E-state index is -0.227. The standard InChI is InChI=1S/C22H27N3O3/c1-17-6-5-7-18(16-17)24-12-14-25(15-13-24)21(26)10-11-23-22(27)19-8-3-4-9-20(19)28-2/h3-9,16H,10-15H2,1-2H3,(H,23,27). The number of rotatable bonds is 6. The molecule has 0 saturated carbocycles. The number of hydrogen-bond donors (Lipinski definition) is 1. The maximum atomic E-state index is 12.5. The Bertz CT molecular complexity index is 829. The van der Waals surface area contributed by atoms with Gasteiger partial charge in [0.25, 0.3) is 5.91 Å². The molecule has 0 aliphatic carbocycles. The number of amides is 2. The average Bonchev–Trinajstić information content (AvgIpc) is 2.73. The van der Waals surface area contributed by atoms with Gasteiger partial charge in [-0.05, 0) is 36.8 Å². The summed E-state index contributed by atoms with van der Waals surface area (Å²) in [6, 6.07) is 15.5. The second-order valence-electron chi connectivity index (χ2n) is 6.91. The van der Waals surface area contributed by atoms with E-state index in [-0.39, 0.29) is 11.8 Å². The summed E-state index contributed by atoms with van der Waals surface area (Å²) < 4.78 is 5.20. The molecule has 2 aromatic rings. The highest BCUT2D eigenvalue weighted by atomic mass is 16.5. The molecule has 0 bridgehead atoms. The summed E-state index contributed by atoms with van der Waals surface area (Å²) in [7, 11) is 1.53. The smallest absolute Gasteiger partial charge is 0.255 e. The Hall–Kier alpha value is -3.02. The molecule has 3 rings (SSSR count). The minimum Gasteiger partial charge on any atom is -0.496 e. The fraction of sp³-hybridized carbons (Fsp3) is 0.364. The number of carbonyl (C=O) groups is 2. The van der Waals surface area contributed by atoms with Gasteiger partial charge in [-0.3, -0.25) is 9.59 Å². The number of methoxy groups -OCH3 is 1. The maximum absolute atomic E-state index is 12.5. The van der Waals surface area contributed by atoms with E-state index in [4.69, 9.17) is 4.74 Å². The zero-order valence-electron chi connectivity index (χ0n) is 16.5. The molecule has 2 aromatic carbocycles. The minimum absolute atomic E-state index is 0.0734. The van der Waals surface area contributed by atoms with Crippen LogP contribution in [0.4, 0.5) is 5.69 Å². The van der Waals surface area contributed by atoms with Gasteiger partial charge in [0.2, 0.25) is 5.91 Å². The van der Waals surface area contributed by atoms with Crippen LogP contribution in [0.15, 0.2) is 48.5 Å². The molecule has 1 fully saturated rings.